The van der Waals surface area contributed by atoms with Gasteiger partial charge in [-0.25, -0.2) is 0 Å². The Kier molecular flexibility index (Phi) is 4.28. The monoisotopic (exact) mass is 140 g/mol. The van der Waals surface area contributed by atoms with Gasteiger partial charge in [0.2, 0.25) is 0 Å². The highest BCUT2D eigenvalue weighted by Gasteiger charge is 1.94. The number of hydrogen-bond donors (Lipinski definition) is 0. The highest BCUT2D eigenvalue weighted by atomic mass is 16.5. The predicted octanol–water partition coefficient (Wildman–Crippen LogP) is 2.52. The number of rotatable bonds is 0. The van der Waals surface area contributed by atoms with Gasteiger partial charge in [-0.3, -0.25) is 0 Å². The Morgan fingerprint density at radius 2 is 1.40 bits per heavy atom. The Morgan fingerprint density at radius 1 is 0.800 bits per heavy atom. The van der Waals surface area contributed by atoms with Crippen molar-refractivity contribution < 1.29 is 4.74 Å². The molecule has 0 unspecified atom stereocenters. The van der Waals surface area contributed by atoms with E-state index >= 15 is 0 Å². The highest BCUT2D eigenvalue weighted by molar-refractivity contribution is 4.88. The summed E-state index contributed by atoms with van der Waals surface area (Å²) in [5.41, 5.74) is 0. The normalized spacial score (nSPS) is 22.4. The van der Waals surface area contributed by atoms with Crippen LogP contribution in [0.5, 0.6) is 0 Å². The average Bonchev–Trinajstić information content (AvgIpc) is 2.67. The van der Waals surface area contributed by atoms with Crippen LogP contribution in [0.1, 0.15) is 32.1 Å². The number of hydrogen-bond acceptors (Lipinski definition) is 1. The zero-order valence-corrected chi connectivity index (χ0v) is 6.51. The molecule has 10 heavy (non-hydrogen) atoms. The van der Waals surface area contributed by atoms with E-state index in [1.807, 2.05) is 0 Å². The van der Waals surface area contributed by atoms with Crippen molar-refractivity contribution in [3.63, 3.8) is 0 Å². The molecule has 0 N–H and O–H groups in total. The number of allylic oxidation sites excluding steroid dienone is 2. The lowest BCUT2D eigenvalue weighted by atomic mass is 10.4. The van der Waals surface area contributed by atoms with Crippen molar-refractivity contribution in [1.29, 1.82) is 0 Å². The van der Waals surface area contributed by atoms with E-state index in [4.69, 9.17) is 4.74 Å². The van der Waals surface area contributed by atoms with E-state index in [9.17, 15) is 0 Å². The van der Waals surface area contributed by atoms with Crippen LogP contribution in [0.25, 0.3) is 0 Å². The fourth-order valence-corrected chi connectivity index (χ4v) is 1.10. The first-order valence-corrected chi connectivity index (χ1v) is 4.23. The summed E-state index contributed by atoms with van der Waals surface area (Å²) in [4.78, 5) is 0. The van der Waals surface area contributed by atoms with Gasteiger partial charge in [0.05, 0.1) is 0 Å². The van der Waals surface area contributed by atoms with Crippen LogP contribution in [0.4, 0.5) is 0 Å². The van der Waals surface area contributed by atoms with Crippen molar-refractivity contribution in [2.45, 2.75) is 32.1 Å². The largest absolute Gasteiger partial charge is 0.381 e. The van der Waals surface area contributed by atoms with Crippen molar-refractivity contribution >= 4 is 0 Å². The first-order chi connectivity index (χ1) is 5.00. The van der Waals surface area contributed by atoms with Gasteiger partial charge in [-0.2, -0.15) is 0 Å². The molecule has 1 heteroatoms. The molecule has 0 aromatic carbocycles. The second-order valence-electron chi connectivity index (χ2n) is 2.72. The van der Waals surface area contributed by atoms with Crippen molar-refractivity contribution in [2.75, 3.05) is 13.2 Å². The lowest BCUT2D eigenvalue weighted by Crippen LogP contribution is -1.74. The molecule has 0 aromatic heterocycles. The third-order valence-corrected chi connectivity index (χ3v) is 1.74. The molecule has 1 aliphatic carbocycles. The summed E-state index contributed by atoms with van der Waals surface area (Å²) in [5, 5.41) is 0. The van der Waals surface area contributed by atoms with E-state index in [1.165, 1.54) is 32.1 Å². The highest BCUT2D eigenvalue weighted by Crippen LogP contribution is 2.05. The standard InChI is InChI=1S/C5H8.C4H8O/c2*1-2-4-5-3-1/h1-2H,3-5H2;1-4H2. The summed E-state index contributed by atoms with van der Waals surface area (Å²) < 4.78 is 4.94. The van der Waals surface area contributed by atoms with Gasteiger partial charge in [0.25, 0.3) is 0 Å². The first-order valence-electron chi connectivity index (χ1n) is 4.23. The van der Waals surface area contributed by atoms with Crippen molar-refractivity contribution in [2.24, 2.45) is 0 Å². The molecular weight excluding hydrogens is 124 g/mol. The number of ether oxygens (including phenoxy) is 1. The van der Waals surface area contributed by atoms with Gasteiger partial charge in [0.1, 0.15) is 0 Å². The molecular formula is C9H16O. The van der Waals surface area contributed by atoms with E-state index in [0.717, 1.165) is 13.2 Å². The van der Waals surface area contributed by atoms with Gasteiger partial charge in [0.15, 0.2) is 0 Å². The molecule has 0 spiro atoms. The van der Waals surface area contributed by atoms with Gasteiger partial charge >= 0.3 is 0 Å². The lowest BCUT2D eigenvalue weighted by molar-refractivity contribution is 0.198. The summed E-state index contributed by atoms with van der Waals surface area (Å²) in [6, 6.07) is 0. The third kappa shape index (κ3) is 3.67. The first kappa shape index (κ1) is 7.80. The third-order valence-electron chi connectivity index (χ3n) is 1.74. The molecule has 2 rings (SSSR count). The second kappa shape index (κ2) is 5.48. The van der Waals surface area contributed by atoms with Crippen molar-refractivity contribution in [3.8, 4) is 0 Å². The molecule has 1 saturated heterocycles. The molecule has 58 valence electrons. The smallest absolute Gasteiger partial charge is 0.0466 e. The minimum atomic E-state index is 1.00. The summed E-state index contributed by atoms with van der Waals surface area (Å²) >= 11 is 0. The van der Waals surface area contributed by atoms with E-state index < -0.39 is 0 Å². The minimum Gasteiger partial charge on any atom is -0.381 e. The molecule has 0 radical (unpaired) electrons. The van der Waals surface area contributed by atoms with Gasteiger partial charge in [-0.1, -0.05) is 12.2 Å². The topological polar surface area (TPSA) is 9.23 Å². The van der Waals surface area contributed by atoms with Crippen molar-refractivity contribution in [1.82, 2.24) is 0 Å². The van der Waals surface area contributed by atoms with E-state index in [0.29, 0.717) is 0 Å². The SMILES string of the molecule is C1=CCCC1.C1CCOC1. The van der Waals surface area contributed by atoms with Crippen molar-refractivity contribution in [3.05, 3.63) is 12.2 Å². The summed E-state index contributed by atoms with van der Waals surface area (Å²) in [6.07, 6.45) is 11.1. The molecule has 0 saturated carbocycles. The fourth-order valence-electron chi connectivity index (χ4n) is 1.10. The molecule has 0 bridgehead atoms. The lowest BCUT2D eigenvalue weighted by Gasteiger charge is -1.76. The quantitative estimate of drug-likeness (QED) is 0.470. The molecule has 0 atom stereocenters. The van der Waals surface area contributed by atoms with Crippen LogP contribution in [0.3, 0.4) is 0 Å². The molecule has 2 aliphatic rings. The molecule has 0 aromatic rings. The Labute approximate surface area is 63.1 Å². The van der Waals surface area contributed by atoms with Crippen LogP contribution < -0.4 is 0 Å². The van der Waals surface area contributed by atoms with Gasteiger partial charge in [-0.15, -0.1) is 0 Å². The Hall–Kier alpha value is -0.300. The Bertz CT molecular complexity index is 79.3. The average molecular weight is 140 g/mol. The molecule has 1 aliphatic heterocycles. The maximum atomic E-state index is 4.94. The maximum absolute atomic E-state index is 4.94. The van der Waals surface area contributed by atoms with E-state index in [-0.39, 0.29) is 0 Å². The summed E-state index contributed by atoms with van der Waals surface area (Å²) in [7, 11) is 0. The van der Waals surface area contributed by atoms with Gasteiger partial charge in [-0.05, 0) is 32.1 Å². The minimum absolute atomic E-state index is 1.00. The van der Waals surface area contributed by atoms with Crippen LogP contribution in [0.2, 0.25) is 0 Å². The zero-order valence-electron chi connectivity index (χ0n) is 6.51. The van der Waals surface area contributed by atoms with Crippen LogP contribution in [-0.4, -0.2) is 13.2 Å². The molecule has 0 amide bonds. The summed E-state index contributed by atoms with van der Waals surface area (Å²) in [5.74, 6) is 0. The Balaban J connectivity index is 0.0000001000. The zero-order chi connectivity index (χ0) is 7.07. The van der Waals surface area contributed by atoms with Gasteiger partial charge in [0, 0.05) is 13.2 Å². The Morgan fingerprint density at radius 3 is 1.60 bits per heavy atom. The predicted molar refractivity (Wildman–Crippen MR) is 43.0 cm³/mol. The van der Waals surface area contributed by atoms with E-state index in [1.54, 1.807) is 0 Å². The molecule has 1 nitrogen and oxygen atoms in total. The van der Waals surface area contributed by atoms with E-state index in [2.05, 4.69) is 12.2 Å². The second-order valence-corrected chi connectivity index (χ2v) is 2.72. The van der Waals surface area contributed by atoms with Crippen LogP contribution >= 0.6 is 0 Å². The molecule has 1 fully saturated rings. The maximum Gasteiger partial charge on any atom is 0.0466 e. The van der Waals surface area contributed by atoms with Crippen LogP contribution in [0.15, 0.2) is 12.2 Å². The molecule has 1 heterocycles. The van der Waals surface area contributed by atoms with Crippen LogP contribution in [0, 0.1) is 0 Å². The fraction of sp³-hybridized carbons (Fsp3) is 0.778. The van der Waals surface area contributed by atoms with Gasteiger partial charge < -0.3 is 4.74 Å². The summed E-state index contributed by atoms with van der Waals surface area (Å²) in [6.45, 7) is 2.00. The van der Waals surface area contributed by atoms with Crippen LogP contribution in [-0.2, 0) is 4.74 Å².